The van der Waals surface area contributed by atoms with E-state index >= 15 is 0 Å². The van der Waals surface area contributed by atoms with Crippen LogP contribution in [0.1, 0.15) is 37.7 Å². The summed E-state index contributed by atoms with van der Waals surface area (Å²) in [4.78, 5) is 18.0. The summed E-state index contributed by atoms with van der Waals surface area (Å²) < 4.78 is 11.3. The Bertz CT molecular complexity index is 702. The Morgan fingerprint density at radius 2 is 1.88 bits per heavy atom. The van der Waals surface area contributed by atoms with Crippen molar-refractivity contribution in [3.63, 3.8) is 0 Å². The molecule has 0 aromatic heterocycles. The molecule has 3 unspecified atom stereocenters. The zero-order chi connectivity index (χ0) is 21.9. The lowest BCUT2D eigenvalue weighted by molar-refractivity contribution is -0.127. The second kappa shape index (κ2) is 14.7. The number of carbonyl (C=O) groups excluding carboxylic acids is 1. The summed E-state index contributed by atoms with van der Waals surface area (Å²) in [5, 5.41) is 6.96. The summed E-state index contributed by atoms with van der Waals surface area (Å²) in [5.74, 6) is 2.37. The third kappa shape index (κ3) is 9.23. The second-order valence-electron chi connectivity index (χ2n) is 8.81. The molecule has 0 spiro atoms. The molecule has 0 heterocycles. The van der Waals surface area contributed by atoms with Crippen LogP contribution in [0.4, 0.5) is 0 Å². The fourth-order valence-electron chi connectivity index (χ4n) is 4.40. The van der Waals surface area contributed by atoms with Gasteiger partial charge in [0.15, 0.2) is 5.96 Å². The Labute approximate surface area is 209 Å². The topological polar surface area (TPSA) is 75.2 Å². The Kier molecular flexibility index (Phi) is 12.3. The highest BCUT2D eigenvalue weighted by Crippen LogP contribution is 2.44. The van der Waals surface area contributed by atoms with Crippen molar-refractivity contribution in [1.82, 2.24) is 15.5 Å². The Morgan fingerprint density at radius 3 is 2.56 bits per heavy atom. The molecule has 2 saturated carbocycles. The van der Waals surface area contributed by atoms with Gasteiger partial charge in [0.1, 0.15) is 6.54 Å². The average Bonchev–Trinajstić information content (AvgIpc) is 3.39. The summed E-state index contributed by atoms with van der Waals surface area (Å²) in [6.45, 7) is 3.39. The molecule has 1 aromatic carbocycles. The highest BCUT2D eigenvalue weighted by molar-refractivity contribution is 14.0. The Hall–Kier alpha value is -1.39. The number of benzene rings is 1. The Balaban J connectivity index is 0.00000363. The number of carbonyl (C=O) groups is 1. The van der Waals surface area contributed by atoms with E-state index in [-0.39, 0.29) is 36.4 Å². The first-order valence-electron chi connectivity index (χ1n) is 11.6. The van der Waals surface area contributed by atoms with Crippen LogP contribution in [-0.2, 0) is 20.9 Å². The minimum Gasteiger partial charge on any atom is -0.379 e. The monoisotopic (exact) mass is 558 g/mol. The van der Waals surface area contributed by atoms with Crippen LogP contribution < -0.4 is 10.6 Å². The zero-order valence-corrected chi connectivity index (χ0v) is 21.8. The largest absolute Gasteiger partial charge is 0.379 e. The van der Waals surface area contributed by atoms with Gasteiger partial charge in [0.25, 0.3) is 0 Å². The number of ether oxygens (including phenoxy) is 2. The normalized spacial score (nSPS) is 21.8. The number of rotatable bonds is 12. The molecule has 1 aromatic rings. The predicted molar refractivity (Wildman–Crippen MR) is 138 cm³/mol. The van der Waals surface area contributed by atoms with Gasteiger partial charge in [0.2, 0.25) is 5.91 Å². The van der Waals surface area contributed by atoms with Crippen molar-refractivity contribution in [3.8, 4) is 0 Å². The van der Waals surface area contributed by atoms with Crippen LogP contribution in [-0.4, -0.2) is 69.8 Å². The van der Waals surface area contributed by atoms with Gasteiger partial charge in [-0.25, -0.2) is 4.99 Å². The predicted octanol–water partition coefficient (Wildman–Crippen LogP) is 3.04. The van der Waals surface area contributed by atoms with Crippen molar-refractivity contribution in [2.75, 3.05) is 47.0 Å². The van der Waals surface area contributed by atoms with Crippen LogP contribution in [0.25, 0.3) is 0 Å². The molecule has 2 aliphatic carbocycles. The molecule has 2 bridgehead atoms. The lowest BCUT2D eigenvalue weighted by atomic mass is 9.95. The van der Waals surface area contributed by atoms with Crippen LogP contribution in [0.2, 0.25) is 0 Å². The molecule has 32 heavy (non-hydrogen) atoms. The number of aliphatic imine (C=N–C) groups is 1. The van der Waals surface area contributed by atoms with Crippen molar-refractivity contribution >= 4 is 35.8 Å². The van der Waals surface area contributed by atoms with E-state index in [1.165, 1.54) is 31.2 Å². The van der Waals surface area contributed by atoms with E-state index in [1.807, 2.05) is 18.2 Å². The van der Waals surface area contributed by atoms with Crippen LogP contribution >= 0.6 is 24.0 Å². The molecule has 1 amide bonds. The number of fused-ring (bicyclic) bond motifs is 2. The number of hydrogen-bond acceptors (Lipinski definition) is 4. The molecule has 2 fully saturated rings. The number of hydrogen-bond donors (Lipinski definition) is 2. The number of nitrogens with one attached hydrogen (secondary N) is 2. The van der Waals surface area contributed by atoms with E-state index in [2.05, 4.69) is 27.8 Å². The van der Waals surface area contributed by atoms with Gasteiger partial charge in [-0.3, -0.25) is 4.79 Å². The minimum absolute atomic E-state index is 0. The lowest BCUT2D eigenvalue weighted by Gasteiger charge is -2.25. The van der Waals surface area contributed by atoms with Crippen molar-refractivity contribution in [3.05, 3.63) is 35.9 Å². The van der Waals surface area contributed by atoms with Gasteiger partial charge in [0, 0.05) is 33.3 Å². The van der Waals surface area contributed by atoms with Crippen LogP contribution in [0.15, 0.2) is 35.3 Å². The van der Waals surface area contributed by atoms with Crippen LogP contribution in [0.3, 0.4) is 0 Å². The van der Waals surface area contributed by atoms with Crippen molar-refractivity contribution in [2.24, 2.45) is 16.8 Å². The second-order valence-corrected chi connectivity index (χ2v) is 8.81. The first kappa shape index (κ1) is 26.9. The SMILES string of the molecule is CN(C)C(=O)CN=C(NCCCOCCOCc1ccccc1)NC1CC2CCC1C2.I. The van der Waals surface area contributed by atoms with Gasteiger partial charge in [-0.1, -0.05) is 36.8 Å². The maximum Gasteiger partial charge on any atom is 0.243 e. The molecule has 3 atom stereocenters. The van der Waals surface area contributed by atoms with Crippen molar-refractivity contribution < 1.29 is 14.3 Å². The summed E-state index contributed by atoms with van der Waals surface area (Å²) >= 11 is 0. The third-order valence-electron chi connectivity index (χ3n) is 6.17. The van der Waals surface area contributed by atoms with E-state index < -0.39 is 0 Å². The molecule has 0 saturated heterocycles. The minimum atomic E-state index is 0. The number of guanidine groups is 1. The standard InChI is InChI=1S/C24H38N4O3.HI/c1-28(2)23(29)17-26-24(27-22-16-20-9-10-21(22)15-20)25-11-6-12-30-13-14-31-18-19-7-4-3-5-8-19;/h3-5,7-8,20-22H,6,9-18H2,1-2H3,(H2,25,26,27);1H. The lowest BCUT2D eigenvalue weighted by Crippen LogP contribution is -2.46. The van der Waals surface area contributed by atoms with E-state index in [0.717, 1.165) is 30.8 Å². The number of likely N-dealkylation sites (N-methyl/N-ethyl adjacent to an activating group) is 1. The molecular weight excluding hydrogens is 519 g/mol. The Morgan fingerprint density at radius 1 is 1.09 bits per heavy atom. The molecule has 0 aliphatic heterocycles. The van der Waals surface area contributed by atoms with E-state index in [4.69, 9.17) is 9.47 Å². The summed E-state index contributed by atoms with van der Waals surface area (Å²) in [5.41, 5.74) is 1.18. The molecular formula is C24H39IN4O3. The zero-order valence-electron chi connectivity index (χ0n) is 19.4. The average molecular weight is 559 g/mol. The van der Waals surface area contributed by atoms with Gasteiger partial charge in [-0.05, 0) is 43.1 Å². The van der Waals surface area contributed by atoms with E-state index in [0.29, 0.717) is 32.5 Å². The third-order valence-corrected chi connectivity index (χ3v) is 6.17. The number of amides is 1. The highest BCUT2D eigenvalue weighted by Gasteiger charge is 2.39. The van der Waals surface area contributed by atoms with Crippen molar-refractivity contribution in [2.45, 2.75) is 44.8 Å². The summed E-state index contributed by atoms with van der Waals surface area (Å²) in [7, 11) is 3.52. The summed E-state index contributed by atoms with van der Waals surface area (Å²) in [6.07, 6.45) is 6.11. The van der Waals surface area contributed by atoms with Gasteiger partial charge >= 0.3 is 0 Å². The first-order chi connectivity index (χ1) is 15.1. The molecule has 7 nitrogen and oxygen atoms in total. The maximum absolute atomic E-state index is 11.9. The summed E-state index contributed by atoms with van der Waals surface area (Å²) in [6, 6.07) is 10.6. The number of halogens is 1. The molecule has 3 rings (SSSR count). The molecule has 0 radical (unpaired) electrons. The molecule has 2 aliphatic rings. The van der Waals surface area contributed by atoms with Gasteiger partial charge in [0.05, 0.1) is 19.8 Å². The fourth-order valence-corrected chi connectivity index (χ4v) is 4.40. The quantitative estimate of drug-likeness (QED) is 0.179. The van der Waals surface area contributed by atoms with Gasteiger partial charge in [-0.15, -0.1) is 24.0 Å². The van der Waals surface area contributed by atoms with Crippen LogP contribution in [0.5, 0.6) is 0 Å². The fraction of sp³-hybridized carbons (Fsp3) is 0.667. The molecule has 180 valence electrons. The molecule has 2 N–H and O–H groups in total. The van der Waals surface area contributed by atoms with Crippen molar-refractivity contribution in [1.29, 1.82) is 0 Å². The van der Waals surface area contributed by atoms with Crippen LogP contribution in [0, 0.1) is 11.8 Å². The maximum atomic E-state index is 11.9. The smallest absolute Gasteiger partial charge is 0.243 e. The van der Waals surface area contributed by atoms with Gasteiger partial charge < -0.3 is 25.0 Å². The first-order valence-corrected chi connectivity index (χ1v) is 11.6. The highest BCUT2D eigenvalue weighted by atomic mass is 127. The number of nitrogens with zero attached hydrogens (tertiary/aromatic N) is 2. The van der Waals surface area contributed by atoms with E-state index in [9.17, 15) is 4.79 Å². The van der Waals surface area contributed by atoms with E-state index in [1.54, 1.807) is 19.0 Å². The van der Waals surface area contributed by atoms with Gasteiger partial charge in [-0.2, -0.15) is 0 Å². The molecule has 8 heteroatoms.